The standard InChI is InChI=1S/C21H20N2O8S/c1-3-29-21(26)23-15-7-8-17-14(10-19(24)31-18(17)11-15)12-30-20(25)13-5-4-6-16(9-13)32(27,28)22-2/h4-11,22H,3,12H2,1-2H3,(H,23,26). The van der Waals surface area contributed by atoms with Crippen LogP contribution in [0.3, 0.4) is 0 Å². The van der Waals surface area contributed by atoms with E-state index < -0.39 is 27.7 Å². The number of hydrogen-bond acceptors (Lipinski definition) is 8. The van der Waals surface area contributed by atoms with Gasteiger partial charge in [-0.25, -0.2) is 27.5 Å². The number of anilines is 1. The van der Waals surface area contributed by atoms with Gasteiger partial charge in [-0.15, -0.1) is 0 Å². The highest BCUT2D eigenvalue weighted by Crippen LogP contribution is 2.22. The zero-order valence-corrected chi connectivity index (χ0v) is 18.0. The number of rotatable bonds is 7. The van der Waals surface area contributed by atoms with Crippen molar-refractivity contribution in [2.75, 3.05) is 19.0 Å². The third-order valence-corrected chi connectivity index (χ3v) is 5.77. The monoisotopic (exact) mass is 460 g/mol. The van der Waals surface area contributed by atoms with Gasteiger partial charge in [0.15, 0.2) is 0 Å². The molecule has 32 heavy (non-hydrogen) atoms. The minimum absolute atomic E-state index is 0.0366. The lowest BCUT2D eigenvalue weighted by molar-refractivity contribution is 0.0473. The molecule has 0 bridgehead atoms. The Hall–Kier alpha value is -3.70. The molecule has 0 radical (unpaired) electrons. The van der Waals surface area contributed by atoms with Gasteiger partial charge < -0.3 is 13.9 Å². The fourth-order valence-corrected chi connectivity index (χ4v) is 3.62. The average Bonchev–Trinajstić information content (AvgIpc) is 2.77. The van der Waals surface area contributed by atoms with E-state index in [2.05, 4.69) is 10.0 Å². The molecule has 2 aromatic carbocycles. The van der Waals surface area contributed by atoms with Crippen molar-refractivity contribution < 1.29 is 31.9 Å². The molecule has 0 spiro atoms. The second-order valence-corrected chi connectivity index (χ2v) is 8.35. The van der Waals surface area contributed by atoms with Crippen LogP contribution < -0.4 is 15.7 Å². The molecule has 3 rings (SSSR count). The first-order chi connectivity index (χ1) is 15.2. The summed E-state index contributed by atoms with van der Waals surface area (Å²) in [5.41, 5.74) is 0.288. The summed E-state index contributed by atoms with van der Waals surface area (Å²) in [7, 11) is -2.46. The number of benzene rings is 2. The second-order valence-electron chi connectivity index (χ2n) is 6.46. The van der Waals surface area contributed by atoms with Crippen molar-refractivity contribution in [3.63, 3.8) is 0 Å². The summed E-state index contributed by atoms with van der Waals surface area (Å²) in [6.07, 6.45) is -0.651. The largest absolute Gasteiger partial charge is 0.457 e. The molecule has 11 heteroatoms. The molecule has 0 aliphatic heterocycles. The number of hydrogen-bond donors (Lipinski definition) is 2. The quantitative estimate of drug-likeness (QED) is 0.405. The third kappa shape index (κ3) is 5.31. The summed E-state index contributed by atoms with van der Waals surface area (Å²) < 4.78 is 41.3. The topological polar surface area (TPSA) is 141 Å². The summed E-state index contributed by atoms with van der Waals surface area (Å²) >= 11 is 0. The van der Waals surface area contributed by atoms with E-state index in [9.17, 15) is 22.8 Å². The van der Waals surface area contributed by atoms with Crippen molar-refractivity contribution in [3.05, 3.63) is 70.1 Å². The van der Waals surface area contributed by atoms with Crippen molar-refractivity contribution >= 4 is 38.7 Å². The molecule has 0 fully saturated rings. The first-order valence-electron chi connectivity index (χ1n) is 9.45. The van der Waals surface area contributed by atoms with Crippen LogP contribution in [0.15, 0.2) is 62.6 Å². The van der Waals surface area contributed by atoms with Crippen LogP contribution in [0.1, 0.15) is 22.8 Å². The zero-order chi connectivity index (χ0) is 23.3. The van der Waals surface area contributed by atoms with Gasteiger partial charge in [-0.2, -0.15) is 0 Å². The van der Waals surface area contributed by atoms with Crippen molar-refractivity contribution in [2.45, 2.75) is 18.4 Å². The van der Waals surface area contributed by atoms with Gasteiger partial charge in [0.1, 0.15) is 12.2 Å². The van der Waals surface area contributed by atoms with E-state index in [1.807, 2.05) is 0 Å². The van der Waals surface area contributed by atoms with Gasteiger partial charge in [-0.05, 0) is 44.3 Å². The summed E-state index contributed by atoms with van der Waals surface area (Å²) in [4.78, 5) is 35.9. The minimum Gasteiger partial charge on any atom is -0.457 e. The Morgan fingerprint density at radius 3 is 2.56 bits per heavy atom. The van der Waals surface area contributed by atoms with Crippen LogP contribution in [0.25, 0.3) is 11.0 Å². The van der Waals surface area contributed by atoms with Crippen molar-refractivity contribution in [3.8, 4) is 0 Å². The Bertz CT molecular complexity index is 1330. The number of nitrogens with one attached hydrogen (secondary N) is 2. The van der Waals surface area contributed by atoms with E-state index in [1.54, 1.807) is 19.1 Å². The Labute approximate surface area is 183 Å². The van der Waals surface area contributed by atoms with Crippen LogP contribution in [0, 0.1) is 0 Å². The number of fused-ring (bicyclic) bond motifs is 1. The summed E-state index contributed by atoms with van der Waals surface area (Å²) in [5, 5.41) is 3.00. The van der Waals surface area contributed by atoms with Crippen LogP contribution in [0.4, 0.5) is 10.5 Å². The Morgan fingerprint density at radius 2 is 1.84 bits per heavy atom. The number of amides is 1. The van der Waals surface area contributed by atoms with E-state index in [0.29, 0.717) is 16.6 Å². The molecule has 0 saturated heterocycles. The van der Waals surface area contributed by atoms with Crippen molar-refractivity contribution in [1.29, 1.82) is 0 Å². The minimum atomic E-state index is -3.72. The Kier molecular flexibility index (Phi) is 6.91. The molecule has 0 aliphatic carbocycles. The van der Waals surface area contributed by atoms with Crippen molar-refractivity contribution in [1.82, 2.24) is 4.72 Å². The van der Waals surface area contributed by atoms with Crippen LogP contribution in [-0.4, -0.2) is 34.1 Å². The maximum atomic E-state index is 12.4. The first-order valence-corrected chi connectivity index (χ1v) is 10.9. The van der Waals surface area contributed by atoms with Gasteiger partial charge in [-0.3, -0.25) is 5.32 Å². The maximum Gasteiger partial charge on any atom is 0.411 e. The molecule has 0 saturated carbocycles. The van der Waals surface area contributed by atoms with Crippen LogP contribution in [0.2, 0.25) is 0 Å². The number of esters is 1. The smallest absolute Gasteiger partial charge is 0.411 e. The number of carbonyl (C=O) groups is 2. The highest BCUT2D eigenvalue weighted by atomic mass is 32.2. The number of ether oxygens (including phenoxy) is 2. The molecule has 168 valence electrons. The lowest BCUT2D eigenvalue weighted by Crippen LogP contribution is -2.19. The molecule has 1 amide bonds. The van der Waals surface area contributed by atoms with Gasteiger partial charge in [0.25, 0.3) is 0 Å². The van der Waals surface area contributed by atoms with E-state index in [-0.39, 0.29) is 29.3 Å². The lowest BCUT2D eigenvalue weighted by Gasteiger charge is -2.10. The third-order valence-electron chi connectivity index (χ3n) is 4.36. The van der Waals surface area contributed by atoms with Crippen LogP contribution in [-0.2, 0) is 26.1 Å². The molecule has 0 aliphatic rings. The molecular formula is C21H20N2O8S. The molecule has 1 heterocycles. The highest BCUT2D eigenvalue weighted by molar-refractivity contribution is 7.89. The predicted molar refractivity (Wildman–Crippen MR) is 115 cm³/mol. The van der Waals surface area contributed by atoms with Gasteiger partial charge in [0.05, 0.1) is 17.1 Å². The van der Waals surface area contributed by atoms with Gasteiger partial charge in [0.2, 0.25) is 10.0 Å². The molecule has 1 aromatic heterocycles. The normalized spacial score (nSPS) is 11.2. The summed E-state index contributed by atoms with van der Waals surface area (Å²) in [6.45, 7) is 1.62. The van der Waals surface area contributed by atoms with Gasteiger partial charge in [0, 0.05) is 28.8 Å². The van der Waals surface area contributed by atoms with Crippen LogP contribution in [0.5, 0.6) is 0 Å². The summed E-state index contributed by atoms with van der Waals surface area (Å²) in [6, 6.07) is 11.2. The predicted octanol–water partition coefficient (Wildman–Crippen LogP) is 2.63. The number of carbonyl (C=O) groups excluding carboxylic acids is 2. The number of sulfonamides is 1. The van der Waals surface area contributed by atoms with E-state index in [4.69, 9.17) is 13.9 Å². The van der Waals surface area contributed by atoms with E-state index >= 15 is 0 Å². The Balaban J connectivity index is 1.82. The van der Waals surface area contributed by atoms with Gasteiger partial charge in [-0.1, -0.05) is 6.07 Å². The lowest BCUT2D eigenvalue weighted by atomic mass is 10.1. The van der Waals surface area contributed by atoms with Crippen molar-refractivity contribution in [2.24, 2.45) is 0 Å². The fourth-order valence-electron chi connectivity index (χ4n) is 2.85. The molecule has 3 aromatic rings. The molecule has 0 unspecified atom stereocenters. The van der Waals surface area contributed by atoms with E-state index in [0.717, 1.165) is 0 Å². The average molecular weight is 460 g/mol. The van der Waals surface area contributed by atoms with E-state index in [1.165, 1.54) is 43.4 Å². The fraction of sp³-hybridized carbons (Fsp3) is 0.190. The molecular weight excluding hydrogens is 440 g/mol. The maximum absolute atomic E-state index is 12.4. The zero-order valence-electron chi connectivity index (χ0n) is 17.2. The summed E-state index contributed by atoms with van der Waals surface area (Å²) in [5.74, 6) is -0.764. The first kappa shape index (κ1) is 23.0. The SMILES string of the molecule is CCOC(=O)Nc1ccc2c(COC(=O)c3cccc(S(=O)(=O)NC)c3)cc(=O)oc2c1. The van der Waals surface area contributed by atoms with Crippen LogP contribution >= 0.6 is 0 Å². The Morgan fingerprint density at radius 1 is 1.06 bits per heavy atom. The highest BCUT2D eigenvalue weighted by Gasteiger charge is 2.16. The molecule has 10 nitrogen and oxygen atoms in total. The molecule has 2 N–H and O–H groups in total. The molecule has 0 atom stereocenters. The second kappa shape index (κ2) is 9.62. The van der Waals surface area contributed by atoms with Gasteiger partial charge >= 0.3 is 17.7 Å².